The molecule has 0 aliphatic rings. The van der Waals surface area contributed by atoms with Crippen molar-refractivity contribution in [1.82, 2.24) is 9.78 Å². The average molecular weight is 242 g/mol. The Labute approximate surface area is 107 Å². The number of benzene rings is 1. The smallest absolute Gasteiger partial charge is 0.171 e. The molecule has 0 amide bonds. The third kappa shape index (κ3) is 2.35. The fourth-order valence-electron chi connectivity index (χ4n) is 1.83. The summed E-state index contributed by atoms with van der Waals surface area (Å²) < 4.78 is 1.76. The maximum absolute atomic E-state index is 12.1. The summed E-state index contributed by atoms with van der Waals surface area (Å²) in [6.45, 7) is 7.78. The molecule has 1 heterocycles. The van der Waals surface area contributed by atoms with Crippen molar-refractivity contribution in [3.05, 3.63) is 47.8 Å². The van der Waals surface area contributed by atoms with E-state index < -0.39 is 0 Å². The lowest BCUT2D eigenvalue weighted by Crippen LogP contribution is -2.19. The summed E-state index contributed by atoms with van der Waals surface area (Å²) in [6, 6.07) is 7.98. The van der Waals surface area contributed by atoms with Crippen LogP contribution in [0.15, 0.2) is 36.7 Å². The van der Waals surface area contributed by atoms with Gasteiger partial charge in [0.15, 0.2) is 5.78 Å². The number of hydrogen-bond donors (Lipinski definition) is 0. The molecule has 0 unspecified atom stereocenters. The highest BCUT2D eigenvalue weighted by Gasteiger charge is 2.24. The summed E-state index contributed by atoms with van der Waals surface area (Å²) in [7, 11) is 0. The van der Waals surface area contributed by atoms with Crippen LogP contribution in [0.3, 0.4) is 0 Å². The van der Waals surface area contributed by atoms with Gasteiger partial charge in [0.25, 0.3) is 0 Å². The molecule has 0 aliphatic carbocycles. The Hall–Kier alpha value is -1.90. The number of rotatable bonds is 2. The molecule has 18 heavy (non-hydrogen) atoms. The van der Waals surface area contributed by atoms with Crippen LogP contribution >= 0.6 is 0 Å². The van der Waals surface area contributed by atoms with Gasteiger partial charge in [-0.3, -0.25) is 4.79 Å². The van der Waals surface area contributed by atoms with Crippen LogP contribution < -0.4 is 0 Å². The zero-order valence-corrected chi connectivity index (χ0v) is 11.3. The van der Waals surface area contributed by atoms with Gasteiger partial charge < -0.3 is 0 Å². The van der Waals surface area contributed by atoms with Crippen molar-refractivity contribution in [2.75, 3.05) is 0 Å². The summed E-state index contributed by atoms with van der Waals surface area (Å²) in [5, 5.41) is 4.28. The zero-order valence-electron chi connectivity index (χ0n) is 11.3. The van der Waals surface area contributed by atoms with E-state index in [1.807, 2.05) is 52.0 Å². The monoisotopic (exact) mass is 242 g/mol. The number of Topliss-reactive ketones (excluding diaryl/α,β-unsaturated/α-hetero) is 1. The Kier molecular flexibility index (Phi) is 3.07. The average Bonchev–Trinajstić information content (AvgIpc) is 2.76. The number of para-hydroxylation sites is 1. The molecule has 0 spiro atoms. The molecule has 0 aliphatic heterocycles. The van der Waals surface area contributed by atoms with Crippen LogP contribution in [0.25, 0.3) is 5.69 Å². The second-order valence-electron chi connectivity index (χ2n) is 5.54. The predicted molar refractivity (Wildman–Crippen MR) is 72.1 cm³/mol. The van der Waals surface area contributed by atoms with Gasteiger partial charge in [-0.05, 0) is 18.6 Å². The summed E-state index contributed by atoms with van der Waals surface area (Å²) in [5.74, 6) is 0.113. The Morgan fingerprint density at radius 1 is 1.22 bits per heavy atom. The van der Waals surface area contributed by atoms with Crippen molar-refractivity contribution in [2.24, 2.45) is 5.41 Å². The summed E-state index contributed by atoms with van der Waals surface area (Å²) in [5.41, 5.74) is 2.42. The maximum Gasteiger partial charge on any atom is 0.171 e. The lowest BCUT2D eigenvalue weighted by molar-refractivity contribution is 0.0858. The van der Waals surface area contributed by atoms with E-state index in [0.717, 1.165) is 11.3 Å². The first kappa shape index (κ1) is 12.6. The molecule has 1 aromatic heterocycles. The largest absolute Gasteiger partial charge is 0.293 e. The predicted octanol–water partition coefficient (Wildman–Crippen LogP) is 3.41. The van der Waals surface area contributed by atoms with E-state index >= 15 is 0 Å². The van der Waals surface area contributed by atoms with Gasteiger partial charge in [0.05, 0.1) is 17.4 Å². The van der Waals surface area contributed by atoms with Crippen LogP contribution in [0.4, 0.5) is 0 Å². The quantitative estimate of drug-likeness (QED) is 0.756. The fourth-order valence-corrected chi connectivity index (χ4v) is 1.83. The van der Waals surface area contributed by atoms with Crippen molar-refractivity contribution in [3.8, 4) is 5.69 Å². The Balaban J connectivity index is 2.38. The van der Waals surface area contributed by atoms with Crippen molar-refractivity contribution in [3.63, 3.8) is 0 Å². The zero-order chi connectivity index (χ0) is 13.3. The highest BCUT2D eigenvalue weighted by atomic mass is 16.1. The molecule has 0 fully saturated rings. The first-order chi connectivity index (χ1) is 8.39. The van der Waals surface area contributed by atoms with Crippen LogP contribution in [0, 0.1) is 12.3 Å². The maximum atomic E-state index is 12.1. The minimum Gasteiger partial charge on any atom is -0.293 e. The van der Waals surface area contributed by atoms with Gasteiger partial charge >= 0.3 is 0 Å². The Morgan fingerprint density at radius 2 is 1.89 bits per heavy atom. The number of aromatic nitrogens is 2. The third-order valence-electron chi connectivity index (χ3n) is 2.89. The standard InChI is InChI=1S/C15H18N2O/c1-11-7-5-6-8-13(11)17-10-12(9-16-17)14(18)15(2,3)4/h5-10H,1-4H3. The molecule has 0 N–H and O–H groups in total. The molecular formula is C15H18N2O. The van der Waals surface area contributed by atoms with E-state index in [4.69, 9.17) is 0 Å². The molecule has 0 atom stereocenters. The number of carbonyl (C=O) groups is 1. The van der Waals surface area contributed by atoms with Crippen LogP contribution in [0.2, 0.25) is 0 Å². The summed E-state index contributed by atoms with van der Waals surface area (Å²) >= 11 is 0. The fraction of sp³-hybridized carbons (Fsp3) is 0.333. The first-order valence-corrected chi connectivity index (χ1v) is 6.05. The van der Waals surface area contributed by atoms with Gasteiger partial charge in [0.2, 0.25) is 0 Å². The van der Waals surface area contributed by atoms with Gasteiger partial charge in [-0.1, -0.05) is 39.0 Å². The molecule has 3 heteroatoms. The SMILES string of the molecule is Cc1ccccc1-n1cc(C(=O)C(C)(C)C)cn1. The van der Waals surface area contributed by atoms with E-state index in [2.05, 4.69) is 5.10 Å². The number of ketones is 1. The highest BCUT2D eigenvalue weighted by molar-refractivity contribution is 5.99. The number of nitrogens with zero attached hydrogens (tertiary/aromatic N) is 2. The van der Waals surface area contributed by atoms with E-state index in [1.165, 1.54) is 0 Å². The number of hydrogen-bond acceptors (Lipinski definition) is 2. The van der Waals surface area contributed by atoms with Gasteiger partial charge in [0, 0.05) is 11.6 Å². The van der Waals surface area contributed by atoms with Crippen LogP contribution in [-0.4, -0.2) is 15.6 Å². The van der Waals surface area contributed by atoms with Crippen molar-refractivity contribution < 1.29 is 4.79 Å². The molecule has 0 saturated carbocycles. The van der Waals surface area contributed by atoms with E-state index in [-0.39, 0.29) is 11.2 Å². The first-order valence-electron chi connectivity index (χ1n) is 6.05. The van der Waals surface area contributed by atoms with Gasteiger partial charge in [-0.25, -0.2) is 4.68 Å². The minimum absolute atomic E-state index is 0.113. The molecule has 94 valence electrons. The molecule has 0 radical (unpaired) electrons. The number of aryl methyl sites for hydroxylation is 1. The van der Waals surface area contributed by atoms with E-state index in [9.17, 15) is 4.79 Å². The van der Waals surface area contributed by atoms with Gasteiger partial charge in [0.1, 0.15) is 0 Å². The molecule has 1 aromatic carbocycles. The lowest BCUT2D eigenvalue weighted by Gasteiger charge is -2.14. The Bertz CT molecular complexity index is 576. The molecular weight excluding hydrogens is 224 g/mol. The third-order valence-corrected chi connectivity index (χ3v) is 2.89. The van der Waals surface area contributed by atoms with Crippen LogP contribution in [0.5, 0.6) is 0 Å². The molecule has 0 bridgehead atoms. The van der Waals surface area contributed by atoms with Gasteiger partial charge in [-0.15, -0.1) is 0 Å². The van der Waals surface area contributed by atoms with Crippen LogP contribution in [-0.2, 0) is 0 Å². The molecule has 2 aromatic rings. The topological polar surface area (TPSA) is 34.9 Å². The lowest BCUT2D eigenvalue weighted by atomic mass is 9.88. The van der Waals surface area contributed by atoms with Gasteiger partial charge in [-0.2, -0.15) is 5.10 Å². The highest BCUT2D eigenvalue weighted by Crippen LogP contribution is 2.21. The minimum atomic E-state index is -0.375. The number of carbonyl (C=O) groups excluding carboxylic acids is 1. The van der Waals surface area contributed by atoms with Crippen molar-refractivity contribution in [2.45, 2.75) is 27.7 Å². The molecule has 0 saturated heterocycles. The van der Waals surface area contributed by atoms with Crippen molar-refractivity contribution in [1.29, 1.82) is 0 Å². The molecule has 2 rings (SSSR count). The van der Waals surface area contributed by atoms with E-state index in [0.29, 0.717) is 5.56 Å². The summed E-state index contributed by atoms with van der Waals surface area (Å²) in [6.07, 6.45) is 3.44. The summed E-state index contributed by atoms with van der Waals surface area (Å²) in [4.78, 5) is 12.1. The van der Waals surface area contributed by atoms with Crippen molar-refractivity contribution >= 4 is 5.78 Å². The van der Waals surface area contributed by atoms with Crippen LogP contribution in [0.1, 0.15) is 36.7 Å². The second kappa shape index (κ2) is 4.41. The normalized spacial score (nSPS) is 11.6. The Morgan fingerprint density at radius 3 is 2.50 bits per heavy atom. The van der Waals surface area contributed by atoms with E-state index in [1.54, 1.807) is 17.1 Å². The molecule has 3 nitrogen and oxygen atoms in total. The second-order valence-corrected chi connectivity index (χ2v) is 5.54.